The Morgan fingerprint density at radius 1 is 0.794 bits per heavy atom. The van der Waals surface area contributed by atoms with Gasteiger partial charge < -0.3 is 30.0 Å². The van der Waals surface area contributed by atoms with Gasteiger partial charge in [0.2, 0.25) is 0 Å². The third-order valence-corrected chi connectivity index (χ3v) is 11.5. The molecule has 5 aromatic rings. The van der Waals surface area contributed by atoms with E-state index in [9.17, 15) is 14.7 Å². The van der Waals surface area contributed by atoms with Gasteiger partial charge in [-0.2, -0.15) is 5.11 Å². The summed E-state index contributed by atoms with van der Waals surface area (Å²) in [5.41, 5.74) is 0.785. The highest BCUT2D eigenvalue weighted by atomic mass is 35.5. The van der Waals surface area contributed by atoms with Crippen molar-refractivity contribution in [3.05, 3.63) is 103 Å². The van der Waals surface area contributed by atoms with Crippen LogP contribution in [0.4, 0.5) is 28.6 Å². The van der Waals surface area contributed by atoms with Crippen LogP contribution in [0.1, 0.15) is 104 Å². The summed E-state index contributed by atoms with van der Waals surface area (Å²) in [5.74, 6) is 1.27. The van der Waals surface area contributed by atoms with Crippen LogP contribution in [0.25, 0.3) is 5.69 Å². The number of halogens is 4. The molecule has 0 aliphatic rings. The van der Waals surface area contributed by atoms with Gasteiger partial charge in [0.1, 0.15) is 17.2 Å². The SMILES string of the molecule is CCCCCCCCCCCCC(Oc1ccc(O)c(C(C)(C)C)c1)C(=O)Nc1ccc(Cl)c(Nc2[nH]n(-c3c(Cl)cc(Cl)cc3Cl)c(=O)c2N=Nc2ccc(OC)c(OC)c2)c1. The average Bonchev–Trinajstić information content (AvgIpc) is 3.53. The van der Waals surface area contributed by atoms with Crippen molar-refractivity contribution in [2.24, 2.45) is 10.2 Å². The van der Waals surface area contributed by atoms with Gasteiger partial charge in [-0.1, -0.05) is 132 Å². The topological polar surface area (TPSA) is 152 Å². The molecular weight excluding hydrogens is 886 g/mol. The summed E-state index contributed by atoms with van der Waals surface area (Å²) < 4.78 is 18.3. The van der Waals surface area contributed by atoms with E-state index >= 15 is 0 Å². The number of ether oxygens (including phenoxy) is 3. The van der Waals surface area contributed by atoms with Crippen molar-refractivity contribution in [3.8, 4) is 28.7 Å². The summed E-state index contributed by atoms with van der Waals surface area (Å²) in [6.45, 7) is 8.23. The highest BCUT2D eigenvalue weighted by Crippen LogP contribution is 2.38. The summed E-state index contributed by atoms with van der Waals surface area (Å²) in [5, 5.41) is 29.1. The van der Waals surface area contributed by atoms with Crippen molar-refractivity contribution in [2.75, 3.05) is 24.9 Å². The third kappa shape index (κ3) is 13.6. The molecule has 0 saturated carbocycles. The molecule has 4 aromatic carbocycles. The summed E-state index contributed by atoms with van der Waals surface area (Å²) in [7, 11) is 3.01. The van der Waals surface area contributed by atoms with Crippen molar-refractivity contribution in [1.29, 1.82) is 0 Å². The molecule has 338 valence electrons. The Kier molecular flexibility index (Phi) is 18.1. The predicted octanol–water partition coefficient (Wildman–Crippen LogP) is 14.7. The highest BCUT2D eigenvalue weighted by Gasteiger charge is 2.25. The summed E-state index contributed by atoms with van der Waals surface area (Å²) in [6.07, 6.45) is 11.2. The molecule has 0 aliphatic heterocycles. The van der Waals surface area contributed by atoms with Crippen LogP contribution in [-0.2, 0) is 10.2 Å². The molecule has 1 amide bonds. The van der Waals surface area contributed by atoms with Crippen LogP contribution >= 0.6 is 46.4 Å². The first-order chi connectivity index (χ1) is 30.1. The van der Waals surface area contributed by atoms with E-state index in [1.165, 1.54) is 64.9 Å². The number of aromatic amines is 1. The van der Waals surface area contributed by atoms with E-state index in [4.69, 9.17) is 60.6 Å². The van der Waals surface area contributed by atoms with Crippen molar-refractivity contribution in [1.82, 2.24) is 9.78 Å². The number of methoxy groups -OCH3 is 2. The standard InChI is InChI=1S/C47H56Cl4N6O6/c1-7-8-9-10-11-12-13-14-15-16-17-40(63-32-20-22-38(58)33(28-32)47(2,3)4)45(59)52-30-18-21-34(49)37(26-30)53-44-42(55-54-31-19-23-39(61-5)41(27-31)62-6)46(60)57(56-44)43-35(50)24-29(48)25-36(43)51/h18-28,40,53,56,58H,7-17H2,1-6H3,(H,52,59). The number of carbonyl (C=O) groups excluding carboxylic acids is 1. The van der Waals surface area contributed by atoms with Crippen LogP contribution < -0.4 is 30.4 Å². The van der Waals surface area contributed by atoms with Crippen LogP contribution in [0.15, 0.2) is 81.8 Å². The Balaban J connectivity index is 1.41. The number of carbonyl (C=O) groups is 1. The Hall–Kier alpha value is -4.88. The first kappa shape index (κ1) is 49.1. The van der Waals surface area contributed by atoms with E-state index < -0.39 is 11.7 Å². The first-order valence-corrected chi connectivity index (χ1v) is 22.7. The monoisotopic (exact) mass is 940 g/mol. The number of phenols is 1. The third-order valence-electron chi connectivity index (χ3n) is 10.4. The minimum atomic E-state index is -0.841. The molecule has 1 aromatic heterocycles. The van der Waals surface area contributed by atoms with Crippen molar-refractivity contribution >= 4 is 80.9 Å². The lowest BCUT2D eigenvalue weighted by Gasteiger charge is -2.23. The maximum atomic E-state index is 14.1. The van der Waals surface area contributed by atoms with Gasteiger partial charge in [-0.05, 0) is 78.9 Å². The van der Waals surface area contributed by atoms with Gasteiger partial charge >= 0.3 is 5.56 Å². The summed E-state index contributed by atoms with van der Waals surface area (Å²) in [6, 6.07) is 17.8. The molecule has 1 atom stereocenters. The zero-order valence-corrected chi connectivity index (χ0v) is 39.6. The van der Waals surface area contributed by atoms with Gasteiger partial charge in [-0.3, -0.25) is 14.7 Å². The van der Waals surface area contributed by atoms with E-state index in [1.54, 1.807) is 54.6 Å². The van der Waals surface area contributed by atoms with E-state index in [2.05, 4.69) is 32.9 Å². The van der Waals surface area contributed by atoms with Crippen molar-refractivity contribution < 1.29 is 24.1 Å². The van der Waals surface area contributed by atoms with Gasteiger partial charge in [-0.25, -0.2) is 4.68 Å². The molecule has 0 bridgehead atoms. The van der Waals surface area contributed by atoms with Crippen molar-refractivity contribution in [2.45, 2.75) is 110 Å². The number of hydrogen-bond donors (Lipinski definition) is 4. The lowest BCUT2D eigenvalue weighted by molar-refractivity contribution is -0.123. The number of aromatic nitrogens is 2. The van der Waals surface area contributed by atoms with Crippen molar-refractivity contribution in [3.63, 3.8) is 0 Å². The Labute approximate surface area is 389 Å². The fourth-order valence-corrected chi connectivity index (χ4v) is 8.13. The molecule has 5 rings (SSSR count). The Morgan fingerprint density at radius 3 is 2.08 bits per heavy atom. The number of benzene rings is 4. The average molecular weight is 943 g/mol. The molecule has 0 spiro atoms. The van der Waals surface area contributed by atoms with Crippen LogP contribution in [0.3, 0.4) is 0 Å². The molecule has 0 aliphatic carbocycles. The highest BCUT2D eigenvalue weighted by molar-refractivity contribution is 6.40. The van der Waals surface area contributed by atoms with E-state index in [-0.39, 0.29) is 54.4 Å². The van der Waals surface area contributed by atoms with E-state index in [0.29, 0.717) is 46.3 Å². The minimum absolute atomic E-state index is 0.0841. The zero-order valence-electron chi connectivity index (χ0n) is 36.5. The summed E-state index contributed by atoms with van der Waals surface area (Å²) in [4.78, 5) is 28.2. The van der Waals surface area contributed by atoms with Gasteiger partial charge in [0.25, 0.3) is 5.91 Å². The second kappa shape index (κ2) is 23.2. The first-order valence-electron chi connectivity index (χ1n) is 21.1. The number of hydrogen-bond acceptors (Lipinski definition) is 9. The molecule has 1 unspecified atom stereocenters. The Bertz CT molecular complexity index is 2410. The van der Waals surface area contributed by atoms with Crippen LogP contribution in [0, 0.1) is 0 Å². The Morgan fingerprint density at radius 2 is 1.44 bits per heavy atom. The largest absolute Gasteiger partial charge is 0.508 e. The number of nitrogens with one attached hydrogen (secondary N) is 3. The number of aromatic hydroxyl groups is 1. The fraction of sp³-hybridized carbons (Fsp3) is 0.404. The number of unbranched alkanes of at least 4 members (excludes halogenated alkanes) is 9. The van der Waals surface area contributed by atoms with Crippen LogP contribution in [-0.4, -0.2) is 41.1 Å². The predicted molar refractivity (Wildman–Crippen MR) is 256 cm³/mol. The molecule has 1 heterocycles. The van der Waals surface area contributed by atoms with Gasteiger partial charge in [0.15, 0.2) is 29.1 Å². The number of nitrogens with zero attached hydrogens (tertiary/aromatic N) is 3. The number of H-pyrrole nitrogens is 1. The number of azo groups is 1. The van der Waals surface area contributed by atoms with Gasteiger partial charge in [-0.15, -0.1) is 5.11 Å². The van der Waals surface area contributed by atoms with Crippen LogP contribution in [0.2, 0.25) is 20.1 Å². The van der Waals surface area contributed by atoms with Gasteiger partial charge in [0, 0.05) is 22.3 Å². The molecule has 16 heteroatoms. The quantitative estimate of drug-likeness (QED) is 0.0398. The van der Waals surface area contributed by atoms with E-state index in [0.717, 1.165) is 30.4 Å². The second-order valence-electron chi connectivity index (χ2n) is 16.2. The second-order valence-corrected chi connectivity index (χ2v) is 17.9. The van der Waals surface area contributed by atoms with E-state index in [1.807, 2.05) is 20.8 Å². The molecule has 12 nitrogen and oxygen atoms in total. The smallest absolute Gasteiger partial charge is 0.301 e. The normalized spacial score (nSPS) is 12.1. The summed E-state index contributed by atoms with van der Waals surface area (Å²) >= 11 is 26.0. The number of phenolic OH excluding ortho intramolecular Hbond substituents is 1. The minimum Gasteiger partial charge on any atom is -0.508 e. The number of anilines is 3. The number of rotatable bonds is 22. The molecule has 0 fully saturated rings. The van der Waals surface area contributed by atoms with Gasteiger partial charge in [0.05, 0.1) is 40.7 Å². The number of amides is 1. The molecule has 63 heavy (non-hydrogen) atoms. The lowest BCUT2D eigenvalue weighted by Crippen LogP contribution is -2.33. The zero-order chi connectivity index (χ0) is 45.7. The molecular formula is C47H56Cl4N6O6. The maximum Gasteiger partial charge on any atom is 0.301 e. The molecule has 4 N–H and O–H groups in total. The lowest BCUT2D eigenvalue weighted by atomic mass is 9.86. The maximum absolute atomic E-state index is 14.1. The van der Waals surface area contributed by atoms with Crippen LogP contribution in [0.5, 0.6) is 23.0 Å². The molecule has 0 radical (unpaired) electrons. The fourth-order valence-electron chi connectivity index (χ4n) is 6.98. The molecule has 0 saturated heterocycles.